The first kappa shape index (κ1) is 22.8. The zero-order valence-corrected chi connectivity index (χ0v) is 19.3. The second-order valence-corrected chi connectivity index (χ2v) is 8.36. The highest BCUT2D eigenvalue weighted by atomic mass is 19.1. The molecule has 2 aromatic carbocycles. The minimum absolute atomic E-state index is 0.107. The molecular formula is C25H28FN3O4. The molecular weight excluding hydrogens is 425 g/mol. The molecule has 2 aliphatic heterocycles. The third kappa shape index (κ3) is 4.18. The Labute approximate surface area is 193 Å². The summed E-state index contributed by atoms with van der Waals surface area (Å²) in [6, 6.07) is 10.7. The van der Waals surface area contributed by atoms with Crippen molar-refractivity contribution >= 4 is 23.1 Å². The normalized spacial score (nSPS) is 17.7. The molecule has 0 N–H and O–H groups in total. The molecule has 33 heavy (non-hydrogen) atoms. The number of nitrogens with zero attached hydrogens (tertiary/aromatic N) is 3. The first-order valence-corrected chi connectivity index (χ1v) is 10.9. The zero-order valence-electron chi connectivity index (χ0n) is 19.3. The van der Waals surface area contributed by atoms with Gasteiger partial charge in [-0.05, 0) is 62.8 Å². The Bertz CT molecular complexity index is 1090. The molecule has 174 valence electrons. The summed E-state index contributed by atoms with van der Waals surface area (Å²) in [7, 11) is 6.92. The number of imide groups is 1. The topological polar surface area (TPSA) is 62.3 Å². The molecule has 2 amide bonds. The van der Waals surface area contributed by atoms with E-state index >= 15 is 0 Å². The zero-order chi connectivity index (χ0) is 23.7. The number of ether oxygens (including phenoxy) is 2. The lowest BCUT2D eigenvalue weighted by molar-refractivity contribution is -0.120. The number of piperidine rings is 1. The van der Waals surface area contributed by atoms with Gasteiger partial charge in [0.2, 0.25) is 0 Å². The Kier molecular flexibility index (Phi) is 6.37. The van der Waals surface area contributed by atoms with Crippen molar-refractivity contribution in [1.29, 1.82) is 0 Å². The Morgan fingerprint density at radius 2 is 1.64 bits per heavy atom. The van der Waals surface area contributed by atoms with E-state index in [1.165, 1.54) is 38.5 Å². The summed E-state index contributed by atoms with van der Waals surface area (Å²) in [5, 5.41) is 0. The molecule has 8 heteroatoms. The number of anilines is 1. The molecule has 2 aromatic rings. The SMILES string of the molecule is COc1ccc(OC)c(N2C(=O)C(c3ccc(F)cc3)=C(N(C)C3CCN(C)CC3)C2=O)c1. The summed E-state index contributed by atoms with van der Waals surface area (Å²) in [6.07, 6.45) is 1.74. The third-order valence-electron chi connectivity index (χ3n) is 6.41. The van der Waals surface area contributed by atoms with Gasteiger partial charge in [-0.1, -0.05) is 12.1 Å². The molecule has 7 nitrogen and oxygen atoms in total. The predicted octanol–water partition coefficient (Wildman–Crippen LogP) is 3.15. The molecule has 0 bridgehead atoms. The van der Waals surface area contributed by atoms with Crippen molar-refractivity contribution < 1.29 is 23.5 Å². The van der Waals surface area contributed by atoms with Crippen LogP contribution in [0.25, 0.3) is 5.57 Å². The van der Waals surface area contributed by atoms with E-state index in [2.05, 4.69) is 11.9 Å². The average Bonchev–Trinajstić information content (AvgIpc) is 3.08. The number of likely N-dealkylation sites (tertiary alicyclic amines) is 1. The Hall–Kier alpha value is -3.39. The number of halogens is 1. The third-order valence-corrected chi connectivity index (χ3v) is 6.41. The number of carbonyl (C=O) groups is 2. The van der Waals surface area contributed by atoms with E-state index in [0.717, 1.165) is 30.8 Å². The van der Waals surface area contributed by atoms with Crippen LogP contribution in [-0.4, -0.2) is 69.1 Å². The van der Waals surface area contributed by atoms with Crippen LogP contribution in [0.4, 0.5) is 10.1 Å². The smallest absolute Gasteiger partial charge is 0.282 e. The fourth-order valence-electron chi connectivity index (χ4n) is 4.48. The minimum Gasteiger partial charge on any atom is -0.497 e. The van der Waals surface area contributed by atoms with Gasteiger partial charge >= 0.3 is 0 Å². The highest BCUT2D eigenvalue weighted by Crippen LogP contribution is 2.40. The van der Waals surface area contributed by atoms with Gasteiger partial charge in [-0.25, -0.2) is 9.29 Å². The van der Waals surface area contributed by atoms with E-state index in [9.17, 15) is 14.0 Å². The molecule has 0 radical (unpaired) electrons. The number of carbonyl (C=O) groups excluding carboxylic acids is 2. The van der Waals surface area contributed by atoms with Crippen molar-refractivity contribution in [1.82, 2.24) is 9.80 Å². The summed E-state index contributed by atoms with van der Waals surface area (Å²) >= 11 is 0. The lowest BCUT2D eigenvalue weighted by Gasteiger charge is -2.36. The van der Waals surface area contributed by atoms with Crippen molar-refractivity contribution in [3.05, 3.63) is 59.5 Å². The van der Waals surface area contributed by atoms with Crippen LogP contribution in [0.3, 0.4) is 0 Å². The van der Waals surface area contributed by atoms with Crippen LogP contribution in [0.15, 0.2) is 48.2 Å². The van der Waals surface area contributed by atoms with Crippen LogP contribution in [0.1, 0.15) is 18.4 Å². The Balaban J connectivity index is 1.82. The van der Waals surface area contributed by atoms with Crippen LogP contribution >= 0.6 is 0 Å². The van der Waals surface area contributed by atoms with E-state index in [-0.39, 0.29) is 11.6 Å². The van der Waals surface area contributed by atoms with E-state index < -0.39 is 17.6 Å². The number of benzene rings is 2. The second-order valence-electron chi connectivity index (χ2n) is 8.36. The maximum Gasteiger partial charge on any atom is 0.282 e. The van der Waals surface area contributed by atoms with Gasteiger partial charge in [0, 0.05) is 19.2 Å². The van der Waals surface area contributed by atoms with E-state index in [0.29, 0.717) is 28.4 Å². The average molecular weight is 454 g/mol. The standard InChI is InChI=1S/C25H28FN3O4/c1-27-13-11-18(12-14-27)28(2)23-22(16-5-7-17(26)8-6-16)24(30)29(25(23)31)20-15-19(32-3)9-10-21(20)33-4/h5-10,15,18H,11-14H2,1-4H3. The molecule has 0 unspecified atom stereocenters. The maximum absolute atomic E-state index is 13.8. The first-order valence-electron chi connectivity index (χ1n) is 10.9. The largest absolute Gasteiger partial charge is 0.497 e. The second kappa shape index (κ2) is 9.23. The van der Waals surface area contributed by atoms with Crippen LogP contribution < -0.4 is 14.4 Å². The molecule has 0 aliphatic carbocycles. The Morgan fingerprint density at radius 1 is 0.970 bits per heavy atom. The van der Waals surface area contributed by atoms with Crippen molar-refractivity contribution in [2.75, 3.05) is 46.3 Å². The molecule has 0 atom stereocenters. The molecule has 2 heterocycles. The number of likely N-dealkylation sites (N-methyl/N-ethyl adjacent to an activating group) is 1. The summed E-state index contributed by atoms with van der Waals surface area (Å²) in [6.45, 7) is 1.81. The fourth-order valence-corrected chi connectivity index (χ4v) is 4.48. The molecule has 1 fully saturated rings. The molecule has 0 saturated carbocycles. The van der Waals surface area contributed by atoms with Gasteiger partial charge in [0.25, 0.3) is 11.8 Å². The molecule has 4 rings (SSSR count). The van der Waals surface area contributed by atoms with E-state index in [1.54, 1.807) is 18.2 Å². The Morgan fingerprint density at radius 3 is 2.24 bits per heavy atom. The highest BCUT2D eigenvalue weighted by molar-refractivity contribution is 6.45. The molecule has 0 aromatic heterocycles. The molecule has 2 aliphatic rings. The number of rotatable bonds is 6. The molecule has 1 saturated heterocycles. The van der Waals surface area contributed by atoms with Crippen LogP contribution in [0.2, 0.25) is 0 Å². The predicted molar refractivity (Wildman–Crippen MR) is 124 cm³/mol. The number of hydrogen-bond acceptors (Lipinski definition) is 6. The van der Waals surface area contributed by atoms with E-state index in [4.69, 9.17) is 9.47 Å². The summed E-state index contributed by atoms with van der Waals surface area (Å²) < 4.78 is 24.4. The lowest BCUT2D eigenvalue weighted by atomic mass is 10.00. The summed E-state index contributed by atoms with van der Waals surface area (Å²) in [5.41, 5.74) is 1.37. The van der Waals surface area contributed by atoms with Crippen LogP contribution in [0.5, 0.6) is 11.5 Å². The van der Waals surface area contributed by atoms with Gasteiger partial charge < -0.3 is 19.3 Å². The number of methoxy groups -OCH3 is 2. The molecule has 0 spiro atoms. The van der Waals surface area contributed by atoms with Gasteiger partial charge in [-0.3, -0.25) is 9.59 Å². The maximum atomic E-state index is 13.8. The number of amides is 2. The van der Waals surface area contributed by atoms with Gasteiger partial charge in [-0.15, -0.1) is 0 Å². The van der Waals surface area contributed by atoms with Gasteiger partial charge in [0.15, 0.2) is 0 Å². The summed E-state index contributed by atoms with van der Waals surface area (Å²) in [5.74, 6) is -0.459. The van der Waals surface area contributed by atoms with Gasteiger partial charge in [-0.2, -0.15) is 0 Å². The number of hydrogen-bond donors (Lipinski definition) is 0. The lowest BCUT2D eigenvalue weighted by Crippen LogP contribution is -2.43. The first-order chi connectivity index (χ1) is 15.8. The van der Waals surface area contributed by atoms with Gasteiger partial charge in [0.05, 0.1) is 25.5 Å². The van der Waals surface area contributed by atoms with Crippen molar-refractivity contribution in [2.45, 2.75) is 18.9 Å². The van der Waals surface area contributed by atoms with Crippen molar-refractivity contribution in [3.63, 3.8) is 0 Å². The van der Waals surface area contributed by atoms with Crippen LogP contribution in [-0.2, 0) is 9.59 Å². The monoisotopic (exact) mass is 453 g/mol. The van der Waals surface area contributed by atoms with Crippen molar-refractivity contribution in [3.8, 4) is 11.5 Å². The van der Waals surface area contributed by atoms with Crippen molar-refractivity contribution in [2.24, 2.45) is 0 Å². The van der Waals surface area contributed by atoms with Gasteiger partial charge in [0.1, 0.15) is 23.0 Å². The summed E-state index contributed by atoms with van der Waals surface area (Å²) in [4.78, 5) is 32.8. The van der Waals surface area contributed by atoms with E-state index in [1.807, 2.05) is 11.9 Å². The minimum atomic E-state index is -0.479. The highest BCUT2D eigenvalue weighted by Gasteiger charge is 2.44. The quantitative estimate of drug-likeness (QED) is 0.627. The van der Waals surface area contributed by atoms with Crippen LogP contribution in [0, 0.1) is 5.82 Å². The fraction of sp³-hybridized carbons (Fsp3) is 0.360.